The number of H-pyrrole nitrogens is 1. The molecule has 48 heavy (non-hydrogen) atoms. The number of aromatic amines is 1. The number of nitrogens with zero attached hydrogens (tertiary/aromatic N) is 6. The van der Waals surface area contributed by atoms with E-state index in [1.165, 1.54) is 10.9 Å². The number of hydrogen-bond donors (Lipinski definition) is 10. The molecule has 2 aliphatic heterocycles. The normalized spacial score (nSPS) is 32.6. The molecule has 12 atom stereocenters. The van der Waals surface area contributed by atoms with Gasteiger partial charge in [-0.1, -0.05) is 12.1 Å². The smallest absolute Gasteiger partial charge is 0.393 e. The average molecular weight is 729 g/mol. The molecule has 26 heteroatoms. The van der Waals surface area contributed by atoms with E-state index in [-0.39, 0.29) is 30.1 Å². The van der Waals surface area contributed by atoms with Crippen molar-refractivity contribution < 1.29 is 72.4 Å². The van der Waals surface area contributed by atoms with Gasteiger partial charge in [-0.2, -0.15) is 9.29 Å². The van der Waals surface area contributed by atoms with Crippen LogP contribution in [-0.4, -0.2) is 137 Å². The van der Waals surface area contributed by atoms with E-state index in [2.05, 4.69) is 34.1 Å². The first-order valence-electron chi connectivity index (χ1n) is 14.2. The maximum atomic E-state index is 12.7. The fraction of sp³-hybridized carbons (Fsp3) is 0.682. The molecule has 0 spiro atoms. The van der Waals surface area contributed by atoms with E-state index in [4.69, 9.17) is 19.7 Å². The summed E-state index contributed by atoms with van der Waals surface area (Å²) >= 11 is 0. The van der Waals surface area contributed by atoms with Crippen molar-refractivity contribution in [3.05, 3.63) is 28.6 Å². The molecule has 0 aromatic carbocycles. The molecule has 268 valence electrons. The van der Waals surface area contributed by atoms with Gasteiger partial charge < -0.3 is 55.6 Å². The van der Waals surface area contributed by atoms with Gasteiger partial charge in [0.05, 0.1) is 31.3 Å². The zero-order chi connectivity index (χ0) is 35.1. The molecule has 3 aromatic heterocycles. The fourth-order valence-corrected chi connectivity index (χ4v) is 7.10. The van der Waals surface area contributed by atoms with E-state index in [1.807, 2.05) is 0 Å². The van der Waals surface area contributed by atoms with Gasteiger partial charge in [-0.15, -0.1) is 5.10 Å². The summed E-state index contributed by atoms with van der Waals surface area (Å²) < 4.78 is 52.0. The van der Waals surface area contributed by atoms with Crippen molar-refractivity contribution in [1.29, 1.82) is 0 Å². The number of ether oxygens (including phenoxy) is 2. The standard InChI is InChI=1S/C22H34N8O16P2/c1-2-9(31)3-8-4-29(28-27-8)5-10-13(32)15(34)17(36)21(44-10)45-48(40,41)46-47(38,39)42-6-11-14(33)16(35)20(43-11)30-7-24-12-18(30)25-22(23)26-19(12)37/h4,7,9-11,13-17,20-21,31-36H,2-3,5-6H2,1H3,(H,38,39)(H,40,41)(H3,23,25,26,37)/t9?,10-,11+,13+,14+,15+,16+,17-,20+,21+/m0/s1. The second-order valence-electron chi connectivity index (χ2n) is 11.0. The van der Waals surface area contributed by atoms with E-state index in [9.17, 15) is 54.4 Å². The number of aliphatic hydroxyl groups is 6. The second-order valence-corrected chi connectivity index (χ2v) is 14.0. The van der Waals surface area contributed by atoms with Crippen LogP contribution < -0.4 is 11.3 Å². The minimum absolute atomic E-state index is 0.117. The maximum Gasteiger partial charge on any atom is 0.483 e. The van der Waals surface area contributed by atoms with Crippen LogP contribution in [-0.2, 0) is 44.9 Å². The van der Waals surface area contributed by atoms with E-state index < -0.39 is 89.2 Å². The van der Waals surface area contributed by atoms with Gasteiger partial charge in [0, 0.05) is 12.6 Å². The number of aromatic nitrogens is 7. The van der Waals surface area contributed by atoms with Crippen molar-refractivity contribution in [2.24, 2.45) is 0 Å². The predicted molar refractivity (Wildman–Crippen MR) is 153 cm³/mol. The topological polar surface area (TPSA) is 362 Å². The Hall–Kier alpha value is -2.77. The molecule has 2 fully saturated rings. The zero-order valence-corrected chi connectivity index (χ0v) is 26.5. The first-order valence-corrected chi connectivity index (χ1v) is 17.2. The monoisotopic (exact) mass is 728 g/mol. The van der Waals surface area contributed by atoms with Crippen molar-refractivity contribution in [3.63, 3.8) is 0 Å². The average Bonchev–Trinajstić information content (AvgIpc) is 3.70. The van der Waals surface area contributed by atoms with Gasteiger partial charge >= 0.3 is 15.6 Å². The van der Waals surface area contributed by atoms with Gasteiger partial charge in [0.15, 0.2) is 23.7 Å². The molecule has 0 aliphatic carbocycles. The summed E-state index contributed by atoms with van der Waals surface area (Å²) in [4.78, 5) is 42.4. The highest BCUT2D eigenvalue weighted by Crippen LogP contribution is 2.61. The molecular formula is C22H34N8O16P2. The van der Waals surface area contributed by atoms with Gasteiger partial charge in [0.2, 0.25) is 5.95 Å². The Labute approximate surface area is 268 Å². The van der Waals surface area contributed by atoms with Gasteiger partial charge in [0.1, 0.15) is 42.7 Å². The number of rotatable bonds is 13. The second kappa shape index (κ2) is 14.2. The molecule has 0 bridgehead atoms. The Morgan fingerprint density at radius 3 is 2.46 bits per heavy atom. The van der Waals surface area contributed by atoms with Crippen molar-refractivity contribution in [2.75, 3.05) is 12.3 Å². The lowest BCUT2D eigenvalue weighted by atomic mass is 9.99. The number of nitrogens with two attached hydrogens (primary N) is 1. The molecule has 0 amide bonds. The number of imidazole rings is 1. The SMILES string of the molecule is CCC(O)Cc1cn(C[C@@H]2O[C@H](OP(=O)(O)OP(=O)(O)OC[C@H]3O[C@@H](n4cnc5c(=O)[nH]c(N)nc54)[C@H](O)[C@@H]3O)[C@@H](O)[C@H](O)[C@@H]2O)nn1. The molecule has 3 unspecified atom stereocenters. The Kier molecular flexibility index (Phi) is 10.8. The van der Waals surface area contributed by atoms with Gasteiger partial charge in [-0.3, -0.25) is 23.4 Å². The highest BCUT2D eigenvalue weighted by Gasteiger charge is 2.50. The minimum atomic E-state index is -5.66. The number of phosphoric acid groups is 2. The summed E-state index contributed by atoms with van der Waals surface area (Å²) in [5.74, 6) is -0.281. The van der Waals surface area contributed by atoms with Crippen LogP contribution in [0.25, 0.3) is 11.2 Å². The highest BCUT2D eigenvalue weighted by atomic mass is 31.3. The summed E-state index contributed by atoms with van der Waals surface area (Å²) in [7, 11) is -11.2. The summed E-state index contributed by atoms with van der Waals surface area (Å²) in [5, 5.41) is 69.5. The van der Waals surface area contributed by atoms with Crippen LogP contribution in [0.1, 0.15) is 25.3 Å². The van der Waals surface area contributed by atoms with Crippen LogP contribution in [0, 0.1) is 0 Å². The van der Waals surface area contributed by atoms with Crippen LogP contribution in [0.3, 0.4) is 0 Å². The highest BCUT2D eigenvalue weighted by molar-refractivity contribution is 7.61. The lowest BCUT2D eigenvalue weighted by Crippen LogP contribution is -2.58. The van der Waals surface area contributed by atoms with Gasteiger partial charge in [0.25, 0.3) is 5.56 Å². The number of aliphatic hydroxyl groups excluding tert-OH is 6. The van der Waals surface area contributed by atoms with Crippen molar-refractivity contribution in [2.45, 2.75) is 87.7 Å². The van der Waals surface area contributed by atoms with Crippen molar-refractivity contribution >= 4 is 32.8 Å². The number of fused-ring (bicyclic) bond motifs is 1. The molecule has 5 heterocycles. The molecule has 11 N–H and O–H groups in total. The lowest BCUT2D eigenvalue weighted by molar-refractivity contribution is -0.278. The Morgan fingerprint density at radius 1 is 1.04 bits per heavy atom. The van der Waals surface area contributed by atoms with E-state index in [0.29, 0.717) is 12.1 Å². The molecule has 0 saturated carbocycles. The van der Waals surface area contributed by atoms with Crippen LogP contribution >= 0.6 is 15.6 Å². The largest absolute Gasteiger partial charge is 0.483 e. The van der Waals surface area contributed by atoms with Crippen molar-refractivity contribution in [3.8, 4) is 0 Å². The van der Waals surface area contributed by atoms with Crippen LogP contribution in [0.15, 0.2) is 17.3 Å². The van der Waals surface area contributed by atoms with Gasteiger partial charge in [-0.25, -0.2) is 18.8 Å². The van der Waals surface area contributed by atoms with Crippen LogP contribution in [0.5, 0.6) is 0 Å². The molecule has 2 aliphatic rings. The van der Waals surface area contributed by atoms with E-state index in [0.717, 1.165) is 10.9 Å². The summed E-state index contributed by atoms with van der Waals surface area (Å²) in [5.41, 5.74) is 4.97. The Bertz CT molecular complexity index is 1740. The predicted octanol–water partition coefficient (Wildman–Crippen LogP) is -4.02. The summed E-state index contributed by atoms with van der Waals surface area (Å²) in [6.07, 6.45) is -13.5. The first kappa shape index (κ1) is 36.5. The number of hydrogen-bond acceptors (Lipinski definition) is 19. The third-order valence-corrected chi connectivity index (χ3v) is 10.0. The maximum absolute atomic E-state index is 12.7. The quantitative estimate of drug-likeness (QED) is 0.0749. The Morgan fingerprint density at radius 2 is 1.75 bits per heavy atom. The molecule has 0 radical (unpaired) electrons. The summed E-state index contributed by atoms with van der Waals surface area (Å²) in [6.45, 7) is 0.444. The third kappa shape index (κ3) is 7.99. The van der Waals surface area contributed by atoms with E-state index >= 15 is 0 Å². The number of phosphoric ester groups is 2. The van der Waals surface area contributed by atoms with Crippen LogP contribution in [0.2, 0.25) is 0 Å². The molecule has 5 rings (SSSR count). The number of nitrogens with one attached hydrogen (secondary N) is 1. The molecule has 2 saturated heterocycles. The van der Waals surface area contributed by atoms with Gasteiger partial charge in [-0.05, 0) is 6.42 Å². The van der Waals surface area contributed by atoms with E-state index in [1.54, 1.807) is 6.92 Å². The Balaban J connectivity index is 1.19. The lowest BCUT2D eigenvalue weighted by Gasteiger charge is -2.40. The molecule has 3 aromatic rings. The molecule has 24 nitrogen and oxygen atoms in total. The first-order chi connectivity index (χ1) is 22.5. The van der Waals surface area contributed by atoms with Crippen LogP contribution in [0.4, 0.5) is 5.95 Å². The molecular weight excluding hydrogens is 694 g/mol. The number of anilines is 1. The fourth-order valence-electron chi connectivity index (χ4n) is 4.94. The minimum Gasteiger partial charge on any atom is -0.393 e. The summed E-state index contributed by atoms with van der Waals surface area (Å²) in [6, 6.07) is 0. The third-order valence-electron chi connectivity index (χ3n) is 7.45. The van der Waals surface area contributed by atoms with Crippen molar-refractivity contribution in [1.82, 2.24) is 34.5 Å². The number of nitrogen functional groups attached to an aromatic ring is 1. The zero-order valence-electron chi connectivity index (χ0n) is 24.8.